The summed E-state index contributed by atoms with van der Waals surface area (Å²) in [5.41, 5.74) is 2.38. The van der Waals surface area contributed by atoms with Crippen LogP contribution >= 0.6 is 0 Å². The molecule has 1 N–H and O–H groups in total. The van der Waals surface area contributed by atoms with E-state index in [9.17, 15) is 9.59 Å². The highest BCUT2D eigenvalue weighted by atomic mass is 16.5. The summed E-state index contributed by atoms with van der Waals surface area (Å²) in [5.74, 6) is 0.190. The molecule has 0 saturated heterocycles. The van der Waals surface area contributed by atoms with E-state index in [1.54, 1.807) is 18.2 Å². The second-order valence-corrected chi connectivity index (χ2v) is 5.86. The number of hydrogen-bond acceptors (Lipinski definition) is 5. The third-order valence-corrected chi connectivity index (χ3v) is 3.68. The fourth-order valence-corrected chi connectivity index (χ4v) is 2.46. The molecular formula is C21H25NO5. The van der Waals surface area contributed by atoms with Crippen LogP contribution in [-0.2, 0) is 16.1 Å². The number of carbonyl (C=O) groups is 2. The molecule has 0 aromatic heterocycles. The van der Waals surface area contributed by atoms with Crippen LogP contribution in [-0.4, -0.2) is 31.6 Å². The minimum Gasteiger partial charge on any atom is -0.490 e. The monoisotopic (exact) mass is 371 g/mol. The summed E-state index contributed by atoms with van der Waals surface area (Å²) in [7, 11) is 0. The maximum Gasteiger partial charge on any atom is 0.325 e. The lowest BCUT2D eigenvalue weighted by Gasteiger charge is -2.12. The topological polar surface area (TPSA) is 73.9 Å². The Hall–Kier alpha value is -3.02. The number of ether oxygens (including phenoxy) is 3. The number of benzene rings is 2. The minimum atomic E-state index is -0.499. The summed E-state index contributed by atoms with van der Waals surface area (Å²) in [6.45, 7) is 6.62. The predicted molar refractivity (Wildman–Crippen MR) is 102 cm³/mol. The highest BCUT2D eigenvalue weighted by Crippen LogP contribution is 2.28. The normalized spacial score (nSPS) is 10.2. The van der Waals surface area contributed by atoms with Gasteiger partial charge in [-0.15, -0.1) is 0 Å². The van der Waals surface area contributed by atoms with Crippen molar-refractivity contribution in [1.29, 1.82) is 0 Å². The lowest BCUT2D eigenvalue weighted by molar-refractivity contribution is -0.143. The Kier molecular flexibility index (Phi) is 7.67. The number of carbonyl (C=O) groups excluding carboxylic acids is 2. The van der Waals surface area contributed by atoms with Crippen molar-refractivity contribution in [1.82, 2.24) is 5.32 Å². The van der Waals surface area contributed by atoms with Crippen LogP contribution in [0.3, 0.4) is 0 Å². The van der Waals surface area contributed by atoms with Gasteiger partial charge in [0, 0.05) is 5.56 Å². The maximum atomic E-state index is 12.3. The molecule has 2 aromatic carbocycles. The SMILES string of the molecule is CCOc1ccc(C(=O)NCC(=O)OCc2cccc(C)c2)cc1OCC. The molecule has 6 nitrogen and oxygen atoms in total. The Bertz CT molecular complexity index is 788. The van der Waals surface area contributed by atoms with E-state index in [1.165, 1.54) is 0 Å². The molecule has 0 heterocycles. The summed E-state index contributed by atoms with van der Waals surface area (Å²) in [4.78, 5) is 24.1. The summed E-state index contributed by atoms with van der Waals surface area (Å²) in [6, 6.07) is 12.6. The highest BCUT2D eigenvalue weighted by Gasteiger charge is 2.13. The Labute approximate surface area is 159 Å². The lowest BCUT2D eigenvalue weighted by Crippen LogP contribution is -2.30. The van der Waals surface area contributed by atoms with E-state index in [1.807, 2.05) is 45.0 Å². The maximum absolute atomic E-state index is 12.3. The summed E-state index contributed by atoms with van der Waals surface area (Å²) >= 11 is 0. The van der Waals surface area contributed by atoms with Crippen molar-refractivity contribution in [3.8, 4) is 11.5 Å². The zero-order valence-electron chi connectivity index (χ0n) is 15.9. The first kappa shape index (κ1) is 20.3. The van der Waals surface area contributed by atoms with Gasteiger partial charge in [-0.1, -0.05) is 29.8 Å². The van der Waals surface area contributed by atoms with Crippen molar-refractivity contribution in [2.24, 2.45) is 0 Å². The smallest absolute Gasteiger partial charge is 0.325 e. The second-order valence-electron chi connectivity index (χ2n) is 5.86. The van der Waals surface area contributed by atoms with Crippen molar-refractivity contribution in [3.05, 3.63) is 59.2 Å². The van der Waals surface area contributed by atoms with Gasteiger partial charge in [-0.2, -0.15) is 0 Å². The molecule has 0 spiro atoms. The number of amides is 1. The molecule has 2 aromatic rings. The minimum absolute atomic E-state index is 0.175. The van der Waals surface area contributed by atoms with E-state index in [2.05, 4.69) is 5.32 Å². The Morgan fingerprint density at radius 2 is 1.70 bits per heavy atom. The Morgan fingerprint density at radius 3 is 2.41 bits per heavy atom. The molecule has 0 aliphatic carbocycles. The molecule has 0 aliphatic heterocycles. The molecule has 0 atom stereocenters. The average Bonchev–Trinajstić information content (AvgIpc) is 2.66. The van der Waals surface area contributed by atoms with Crippen LogP contribution in [0.1, 0.15) is 35.3 Å². The van der Waals surface area contributed by atoms with Crippen molar-refractivity contribution < 1.29 is 23.8 Å². The molecule has 0 saturated carbocycles. The molecule has 1 amide bonds. The quantitative estimate of drug-likeness (QED) is 0.685. The van der Waals surface area contributed by atoms with Crippen molar-refractivity contribution in [3.63, 3.8) is 0 Å². The fourth-order valence-electron chi connectivity index (χ4n) is 2.46. The van der Waals surface area contributed by atoms with Crippen LogP contribution < -0.4 is 14.8 Å². The van der Waals surface area contributed by atoms with Crippen LogP contribution in [0, 0.1) is 6.92 Å². The van der Waals surface area contributed by atoms with Crippen molar-refractivity contribution in [2.45, 2.75) is 27.4 Å². The predicted octanol–water partition coefficient (Wildman–Crippen LogP) is 3.27. The molecule has 6 heteroatoms. The summed E-state index contributed by atoms with van der Waals surface area (Å²) < 4.78 is 16.2. The van der Waals surface area contributed by atoms with Gasteiger partial charge in [-0.25, -0.2) is 0 Å². The standard InChI is InChI=1S/C21H25NO5/c1-4-25-18-10-9-17(12-19(18)26-5-2)21(24)22-13-20(23)27-14-16-8-6-7-15(3)11-16/h6-12H,4-5,13-14H2,1-3H3,(H,22,24). The molecule has 27 heavy (non-hydrogen) atoms. The Balaban J connectivity index is 1.88. The number of aryl methyl sites for hydroxylation is 1. The van der Waals surface area contributed by atoms with Gasteiger partial charge in [0.15, 0.2) is 11.5 Å². The Morgan fingerprint density at radius 1 is 0.963 bits per heavy atom. The average molecular weight is 371 g/mol. The van der Waals surface area contributed by atoms with Gasteiger partial charge >= 0.3 is 5.97 Å². The number of nitrogens with one attached hydrogen (secondary N) is 1. The van der Waals surface area contributed by atoms with Gasteiger partial charge in [0.2, 0.25) is 0 Å². The highest BCUT2D eigenvalue weighted by molar-refractivity contribution is 5.96. The summed E-state index contributed by atoms with van der Waals surface area (Å²) in [6.07, 6.45) is 0. The molecule has 2 rings (SSSR count). The summed E-state index contributed by atoms with van der Waals surface area (Å²) in [5, 5.41) is 2.56. The fraction of sp³-hybridized carbons (Fsp3) is 0.333. The molecule has 0 radical (unpaired) electrons. The number of rotatable bonds is 9. The van der Waals surface area contributed by atoms with Gasteiger partial charge in [-0.3, -0.25) is 9.59 Å². The van der Waals surface area contributed by atoms with Gasteiger partial charge < -0.3 is 19.5 Å². The van der Waals surface area contributed by atoms with E-state index in [-0.39, 0.29) is 19.1 Å². The molecule has 0 unspecified atom stereocenters. The molecule has 0 aliphatic rings. The van der Waals surface area contributed by atoms with E-state index < -0.39 is 5.97 Å². The van der Waals surface area contributed by atoms with E-state index >= 15 is 0 Å². The van der Waals surface area contributed by atoms with Gasteiger partial charge in [0.25, 0.3) is 5.91 Å². The first-order chi connectivity index (χ1) is 13.0. The van der Waals surface area contributed by atoms with E-state index in [0.717, 1.165) is 11.1 Å². The molecule has 144 valence electrons. The first-order valence-electron chi connectivity index (χ1n) is 8.92. The first-order valence-corrected chi connectivity index (χ1v) is 8.92. The van der Waals surface area contributed by atoms with E-state index in [4.69, 9.17) is 14.2 Å². The largest absolute Gasteiger partial charge is 0.490 e. The lowest BCUT2D eigenvalue weighted by atomic mass is 10.1. The van der Waals surface area contributed by atoms with Gasteiger partial charge in [0.1, 0.15) is 13.2 Å². The van der Waals surface area contributed by atoms with Crippen LogP contribution in [0.2, 0.25) is 0 Å². The zero-order chi connectivity index (χ0) is 19.6. The van der Waals surface area contributed by atoms with E-state index in [0.29, 0.717) is 30.3 Å². The number of hydrogen-bond donors (Lipinski definition) is 1. The molecular weight excluding hydrogens is 346 g/mol. The van der Waals surface area contributed by atoms with Crippen LogP contribution in [0.25, 0.3) is 0 Å². The molecule has 0 fully saturated rings. The van der Waals surface area contributed by atoms with Gasteiger partial charge in [0.05, 0.1) is 13.2 Å². The third-order valence-electron chi connectivity index (χ3n) is 3.68. The third kappa shape index (κ3) is 6.33. The number of esters is 1. The van der Waals surface area contributed by atoms with Crippen LogP contribution in [0.5, 0.6) is 11.5 Å². The van der Waals surface area contributed by atoms with Crippen LogP contribution in [0.15, 0.2) is 42.5 Å². The second kappa shape index (κ2) is 10.2. The molecule has 0 bridgehead atoms. The van der Waals surface area contributed by atoms with Crippen molar-refractivity contribution >= 4 is 11.9 Å². The van der Waals surface area contributed by atoms with Gasteiger partial charge in [-0.05, 0) is 44.5 Å². The van der Waals surface area contributed by atoms with Crippen LogP contribution in [0.4, 0.5) is 0 Å². The zero-order valence-corrected chi connectivity index (χ0v) is 15.9. The van der Waals surface area contributed by atoms with Crippen molar-refractivity contribution in [2.75, 3.05) is 19.8 Å².